The number of fused-ring (bicyclic) bond motifs is 2. The van der Waals surface area contributed by atoms with Crippen LogP contribution < -0.4 is 10.1 Å². The van der Waals surface area contributed by atoms with Crippen LogP contribution in [0.2, 0.25) is 0 Å². The molecule has 0 aromatic heterocycles. The van der Waals surface area contributed by atoms with E-state index in [4.69, 9.17) is 4.74 Å². The standard InChI is InChI=1S/C17H23NO3/c1-10(13-9-11-6-7-12(13)8-11)18-17(20)16-14(19)4-3-5-15(16)21-2/h3-5,10-13,19H,6-9H2,1-2H3,(H,18,20). The maximum Gasteiger partial charge on any atom is 0.259 e. The predicted octanol–water partition coefficient (Wildman–Crippen LogP) is 2.96. The van der Waals surface area contributed by atoms with Crippen molar-refractivity contribution in [2.75, 3.05) is 7.11 Å². The van der Waals surface area contributed by atoms with E-state index in [1.54, 1.807) is 12.1 Å². The van der Waals surface area contributed by atoms with Gasteiger partial charge in [0, 0.05) is 6.04 Å². The van der Waals surface area contributed by atoms with Crippen molar-refractivity contribution in [2.24, 2.45) is 17.8 Å². The zero-order chi connectivity index (χ0) is 15.0. The van der Waals surface area contributed by atoms with Crippen LogP contribution in [0.4, 0.5) is 0 Å². The number of carbonyl (C=O) groups is 1. The number of carbonyl (C=O) groups excluding carboxylic acids is 1. The monoisotopic (exact) mass is 289 g/mol. The first-order valence-electron chi connectivity index (χ1n) is 7.77. The van der Waals surface area contributed by atoms with Crippen molar-refractivity contribution >= 4 is 5.91 Å². The third kappa shape index (κ3) is 2.59. The summed E-state index contributed by atoms with van der Waals surface area (Å²) in [7, 11) is 1.50. The van der Waals surface area contributed by atoms with Crippen molar-refractivity contribution in [1.29, 1.82) is 0 Å². The summed E-state index contributed by atoms with van der Waals surface area (Å²) < 4.78 is 5.18. The lowest BCUT2D eigenvalue weighted by Gasteiger charge is -2.28. The van der Waals surface area contributed by atoms with Crippen LogP contribution in [0.25, 0.3) is 0 Å². The van der Waals surface area contributed by atoms with Gasteiger partial charge < -0.3 is 15.2 Å². The molecule has 1 aromatic carbocycles. The van der Waals surface area contributed by atoms with Gasteiger partial charge >= 0.3 is 0 Å². The van der Waals surface area contributed by atoms with Crippen LogP contribution in [-0.4, -0.2) is 24.2 Å². The molecular formula is C17H23NO3. The third-order valence-electron chi connectivity index (χ3n) is 5.24. The van der Waals surface area contributed by atoms with E-state index in [1.807, 2.05) is 0 Å². The lowest BCUT2D eigenvalue weighted by Crippen LogP contribution is -2.40. The number of ether oxygens (including phenoxy) is 1. The maximum atomic E-state index is 12.5. The molecule has 2 aliphatic rings. The summed E-state index contributed by atoms with van der Waals surface area (Å²) in [6.07, 6.45) is 5.21. The molecule has 0 saturated heterocycles. The van der Waals surface area contributed by atoms with Crippen molar-refractivity contribution < 1.29 is 14.6 Å². The minimum Gasteiger partial charge on any atom is -0.507 e. The fraction of sp³-hybridized carbons (Fsp3) is 0.588. The Hall–Kier alpha value is -1.71. The number of methoxy groups -OCH3 is 1. The number of aromatic hydroxyl groups is 1. The summed E-state index contributed by atoms with van der Waals surface area (Å²) >= 11 is 0. The minimum absolute atomic E-state index is 0.0352. The Bertz CT molecular complexity index is 543. The highest BCUT2D eigenvalue weighted by Gasteiger charge is 2.42. The van der Waals surface area contributed by atoms with E-state index in [-0.39, 0.29) is 23.3 Å². The zero-order valence-electron chi connectivity index (χ0n) is 12.6. The van der Waals surface area contributed by atoms with Crippen molar-refractivity contribution in [3.05, 3.63) is 23.8 Å². The smallest absolute Gasteiger partial charge is 0.259 e. The Morgan fingerprint density at radius 1 is 1.38 bits per heavy atom. The maximum absolute atomic E-state index is 12.5. The fourth-order valence-corrected chi connectivity index (χ4v) is 4.21. The van der Waals surface area contributed by atoms with Gasteiger partial charge in [-0.2, -0.15) is 0 Å². The van der Waals surface area contributed by atoms with Crippen LogP contribution in [0.5, 0.6) is 11.5 Å². The number of amides is 1. The minimum atomic E-state index is -0.250. The van der Waals surface area contributed by atoms with E-state index < -0.39 is 0 Å². The molecule has 0 spiro atoms. The number of phenolic OH excluding ortho intramolecular Hbond substituents is 1. The van der Waals surface area contributed by atoms with E-state index in [0.29, 0.717) is 11.7 Å². The molecule has 1 aromatic rings. The topological polar surface area (TPSA) is 58.6 Å². The molecule has 21 heavy (non-hydrogen) atoms. The largest absolute Gasteiger partial charge is 0.507 e. The average Bonchev–Trinajstić information content (AvgIpc) is 3.09. The molecule has 2 fully saturated rings. The summed E-state index contributed by atoms with van der Waals surface area (Å²) in [6.45, 7) is 2.08. The van der Waals surface area contributed by atoms with E-state index in [9.17, 15) is 9.90 Å². The second-order valence-corrected chi connectivity index (χ2v) is 6.46. The van der Waals surface area contributed by atoms with Gasteiger partial charge in [-0.1, -0.05) is 12.5 Å². The lowest BCUT2D eigenvalue weighted by molar-refractivity contribution is 0.0909. The number of phenols is 1. The van der Waals surface area contributed by atoms with Gasteiger partial charge in [-0.05, 0) is 56.1 Å². The van der Waals surface area contributed by atoms with Crippen molar-refractivity contribution in [2.45, 2.75) is 38.6 Å². The first-order valence-corrected chi connectivity index (χ1v) is 7.77. The highest BCUT2D eigenvalue weighted by Crippen LogP contribution is 2.49. The van der Waals surface area contributed by atoms with Gasteiger partial charge in [0.15, 0.2) is 0 Å². The van der Waals surface area contributed by atoms with Gasteiger partial charge in [-0.3, -0.25) is 4.79 Å². The van der Waals surface area contributed by atoms with E-state index in [2.05, 4.69) is 12.2 Å². The van der Waals surface area contributed by atoms with Crippen LogP contribution in [0.3, 0.4) is 0 Å². The third-order valence-corrected chi connectivity index (χ3v) is 5.24. The molecule has 1 amide bonds. The second-order valence-electron chi connectivity index (χ2n) is 6.46. The van der Waals surface area contributed by atoms with Gasteiger partial charge in [0.25, 0.3) is 5.91 Å². The molecule has 4 unspecified atom stereocenters. The van der Waals surface area contributed by atoms with Crippen LogP contribution in [-0.2, 0) is 0 Å². The molecule has 0 radical (unpaired) electrons. The number of nitrogens with one attached hydrogen (secondary N) is 1. The molecule has 2 bridgehead atoms. The molecule has 4 nitrogen and oxygen atoms in total. The van der Waals surface area contributed by atoms with E-state index in [0.717, 1.165) is 11.8 Å². The Balaban J connectivity index is 1.72. The Labute approximate surface area is 125 Å². The van der Waals surface area contributed by atoms with Crippen molar-refractivity contribution in [3.63, 3.8) is 0 Å². The molecule has 4 heteroatoms. The summed E-state index contributed by atoms with van der Waals surface area (Å²) in [5.74, 6) is 2.32. The van der Waals surface area contributed by atoms with Gasteiger partial charge in [0.1, 0.15) is 17.1 Å². The first kappa shape index (κ1) is 14.2. The highest BCUT2D eigenvalue weighted by molar-refractivity contribution is 5.99. The number of rotatable bonds is 4. The molecule has 2 N–H and O–H groups in total. The van der Waals surface area contributed by atoms with Crippen molar-refractivity contribution in [3.8, 4) is 11.5 Å². The molecule has 114 valence electrons. The van der Waals surface area contributed by atoms with Gasteiger partial charge in [0.05, 0.1) is 7.11 Å². The van der Waals surface area contributed by atoms with Crippen LogP contribution in [0.1, 0.15) is 43.0 Å². The van der Waals surface area contributed by atoms with Gasteiger partial charge in [-0.15, -0.1) is 0 Å². The van der Waals surface area contributed by atoms with Gasteiger partial charge in [0.2, 0.25) is 0 Å². The molecule has 0 aliphatic heterocycles. The molecule has 0 heterocycles. The summed E-state index contributed by atoms with van der Waals surface area (Å²) in [6, 6.07) is 5.01. The van der Waals surface area contributed by atoms with E-state index in [1.165, 1.54) is 38.9 Å². The van der Waals surface area contributed by atoms with Crippen LogP contribution in [0, 0.1) is 17.8 Å². The molecule has 2 saturated carbocycles. The molecule has 3 rings (SSSR count). The Kier molecular flexibility index (Phi) is 3.79. The molecule has 4 atom stereocenters. The Morgan fingerprint density at radius 3 is 2.81 bits per heavy atom. The summed E-state index contributed by atoms with van der Waals surface area (Å²) in [5.41, 5.74) is 0.231. The average molecular weight is 289 g/mol. The van der Waals surface area contributed by atoms with Crippen molar-refractivity contribution in [1.82, 2.24) is 5.32 Å². The quantitative estimate of drug-likeness (QED) is 0.896. The van der Waals surface area contributed by atoms with E-state index >= 15 is 0 Å². The second kappa shape index (κ2) is 5.58. The summed E-state index contributed by atoms with van der Waals surface area (Å²) in [5, 5.41) is 13.0. The number of hydrogen-bond acceptors (Lipinski definition) is 3. The lowest BCUT2D eigenvalue weighted by atomic mass is 9.84. The van der Waals surface area contributed by atoms with Crippen LogP contribution in [0.15, 0.2) is 18.2 Å². The molecule has 2 aliphatic carbocycles. The normalized spacial score (nSPS) is 28.4. The van der Waals surface area contributed by atoms with Crippen LogP contribution >= 0.6 is 0 Å². The summed E-state index contributed by atoms with van der Waals surface area (Å²) in [4.78, 5) is 12.5. The number of hydrogen-bond donors (Lipinski definition) is 2. The highest BCUT2D eigenvalue weighted by atomic mass is 16.5. The zero-order valence-corrected chi connectivity index (χ0v) is 12.6. The predicted molar refractivity (Wildman–Crippen MR) is 80.5 cm³/mol. The molecular weight excluding hydrogens is 266 g/mol. The van der Waals surface area contributed by atoms with Gasteiger partial charge in [-0.25, -0.2) is 0 Å². The number of benzene rings is 1. The Morgan fingerprint density at radius 2 is 2.19 bits per heavy atom. The SMILES string of the molecule is COc1cccc(O)c1C(=O)NC(C)C1CC2CCC1C2. The first-order chi connectivity index (χ1) is 10.1. The fourth-order valence-electron chi connectivity index (χ4n) is 4.21.